The highest BCUT2D eigenvalue weighted by Crippen LogP contribution is 2.44. The lowest BCUT2D eigenvalue weighted by molar-refractivity contribution is -0.123. The maximum atomic E-state index is 12.7. The van der Waals surface area contributed by atoms with Gasteiger partial charge in [-0.25, -0.2) is 0 Å². The van der Waals surface area contributed by atoms with Gasteiger partial charge in [0.25, 0.3) is 11.1 Å². The van der Waals surface area contributed by atoms with E-state index >= 15 is 0 Å². The van der Waals surface area contributed by atoms with Gasteiger partial charge in [0.05, 0.1) is 22.5 Å². The van der Waals surface area contributed by atoms with Crippen molar-refractivity contribution in [3.8, 4) is 11.5 Å². The first-order chi connectivity index (χ1) is 12.9. The summed E-state index contributed by atoms with van der Waals surface area (Å²) in [5.41, 5.74) is 1.50. The fraction of sp³-hybridized carbons (Fsp3) is 0.158. The summed E-state index contributed by atoms with van der Waals surface area (Å²) < 4.78 is 6.41. The summed E-state index contributed by atoms with van der Waals surface area (Å²) in [6.45, 7) is 2.42. The third-order valence-corrected chi connectivity index (χ3v) is 6.88. The monoisotopic (exact) mass is 511 g/mol. The van der Waals surface area contributed by atoms with Crippen LogP contribution in [0.2, 0.25) is 0 Å². The second-order valence-electron chi connectivity index (χ2n) is 5.63. The van der Waals surface area contributed by atoms with Gasteiger partial charge in [-0.3, -0.25) is 14.5 Å². The van der Waals surface area contributed by atoms with Gasteiger partial charge in [0.15, 0.2) is 11.5 Å². The van der Waals surface area contributed by atoms with E-state index in [1.807, 2.05) is 37.3 Å². The first-order valence-electron chi connectivity index (χ1n) is 8.05. The lowest BCUT2D eigenvalue weighted by Gasteiger charge is -2.12. The molecule has 0 radical (unpaired) electrons. The summed E-state index contributed by atoms with van der Waals surface area (Å²) in [5.74, 6) is -0.0803. The zero-order valence-electron chi connectivity index (χ0n) is 14.2. The van der Waals surface area contributed by atoms with Crippen LogP contribution in [-0.2, 0) is 11.3 Å². The second kappa shape index (κ2) is 8.50. The van der Waals surface area contributed by atoms with Crippen molar-refractivity contribution in [2.45, 2.75) is 13.5 Å². The maximum Gasteiger partial charge on any atom is 0.293 e. The standard InChI is InChI=1S/C19H15Br2NO4S/c1-2-26-13-8-12(15(20)16(21)17(13)23)9-14-18(24)22(19(25)27-14)10-11-6-4-3-5-7-11/h3-9,23H,2,10H2,1H3/b14-9-. The van der Waals surface area contributed by atoms with Crippen molar-refractivity contribution in [2.24, 2.45) is 0 Å². The largest absolute Gasteiger partial charge is 0.503 e. The van der Waals surface area contributed by atoms with E-state index in [4.69, 9.17) is 4.74 Å². The van der Waals surface area contributed by atoms with Crippen LogP contribution in [0.25, 0.3) is 6.08 Å². The van der Waals surface area contributed by atoms with Crippen LogP contribution in [0.4, 0.5) is 4.79 Å². The number of halogens is 2. The van der Waals surface area contributed by atoms with Gasteiger partial charge in [-0.15, -0.1) is 0 Å². The Bertz CT molecular complexity index is 931. The summed E-state index contributed by atoms with van der Waals surface area (Å²) in [6.07, 6.45) is 1.62. The van der Waals surface area contributed by atoms with Crippen molar-refractivity contribution in [3.05, 3.63) is 61.4 Å². The third kappa shape index (κ3) is 4.23. The molecule has 0 aromatic heterocycles. The Balaban J connectivity index is 1.92. The highest BCUT2D eigenvalue weighted by molar-refractivity contribution is 9.13. The van der Waals surface area contributed by atoms with Gasteiger partial charge in [0.2, 0.25) is 0 Å². The normalized spacial score (nSPS) is 15.7. The average Bonchev–Trinajstić information content (AvgIpc) is 2.92. The van der Waals surface area contributed by atoms with Crippen LogP contribution in [0.3, 0.4) is 0 Å². The van der Waals surface area contributed by atoms with Gasteiger partial charge >= 0.3 is 0 Å². The molecule has 0 saturated carbocycles. The van der Waals surface area contributed by atoms with Gasteiger partial charge in [-0.1, -0.05) is 30.3 Å². The van der Waals surface area contributed by atoms with E-state index in [0.29, 0.717) is 31.8 Å². The number of amides is 2. The Morgan fingerprint density at radius 1 is 1.19 bits per heavy atom. The first kappa shape index (κ1) is 20.0. The predicted molar refractivity (Wildman–Crippen MR) is 113 cm³/mol. The van der Waals surface area contributed by atoms with E-state index < -0.39 is 0 Å². The van der Waals surface area contributed by atoms with Crippen LogP contribution < -0.4 is 4.74 Å². The van der Waals surface area contributed by atoms with E-state index in [1.54, 1.807) is 12.1 Å². The number of carbonyl (C=O) groups excluding carboxylic acids is 2. The van der Waals surface area contributed by atoms with E-state index in [2.05, 4.69) is 31.9 Å². The highest BCUT2D eigenvalue weighted by Gasteiger charge is 2.35. The molecule has 27 heavy (non-hydrogen) atoms. The van der Waals surface area contributed by atoms with Gasteiger partial charge in [0.1, 0.15) is 0 Å². The third-order valence-electron chi connectivity index (χ3n) is 3.82. The van der Waals surface area contributed by atoms with Crippen molar-refractivity contribution in [3.63, 3.8) is 0 Å². The number of aromatic hydroxyl groups is 1. The van der Waals surface area contributed by atoms with Crippen molar-refractivity contribution >= 4 is 60.8 Å². The number of benzene rings is 2. The average molecular weight is 513 g/mol. The molecule has 5 nitrogen and oxygen atoms in total. The molecule has 1 saturated heterocycles. The quantitative estimate of drug-likeness (QED) is 0.532. The second-order valence-corrected chi connectivity index (χ2v) is 8.21. The number of hydrogen-bond acceptors (Lipinski definition) is 5. The molecule has 8 heteroatoms. The number of thioether (sulfide) groups is 1. The lowest BCUT2D eigenvalue weighted by Crippen LogP contribution is -2.27. The SMILES string of the molecule is CCOc1cc(/C=C2\SC(=O)N(Cc3ccccc3)C2=O)c(Br)c(Br)c1O. The molecule has 1 aliphatic rings. The number of imide groups is 1. The molecular weight excluding hydrogens is 498 g/mol. The minimum absolute atomic E-state index is 0.0296. The smallest absolute Gasteiger partial charge is 0.293 e. The van der Waals surface area contributed by atoms with Gasteiger partial charge in [0, 0.05) is 4.47 Å². The maximum absolute atomic E-state index is 12.7. The minimum Gasteiger partial charge on any atom is -0.503 e. The molecule has 1 aliphatic heterocycles. The predicted octanol–water partition coefficient (Wildman–Crippen LogP) is 5.55. The summed E-state index contributed by atoms with van der Waals surface area (Å²) in [7, 11) is 0. The Morgan fingerprint density at radius 2 is 1.89 bits per heavy atom. The molecule has 3 rings (SSSR count). The molecule has 2 amide bonds. The highest BCUT2D eigenvalue weighted by atomic mass is 79.9. The van der Waals surface area contributed by atoms with Gasteiger partial charge in [-0.05, 0) is 73.8 Å². The lowest BCUT2D eigenvalue weighted by atomic mass is 10.1. The first-order valence-corrected chi connectivity index (χ1v) is 10.5. The van der Waals surface area contributed by atoms with E-state index in [0.717, 1.165) is 17.3 Å². The molecule has 1 fully saturated rings. The molecule has 0 aliphatic carbocycles. The molecular formula is C19H15Br2NO4S. The number of carbonyl (C=O) groups is 2. The van der Waals surface area contributed by atoms with Crippen LogP contribution in [0.15, 0.2) is 50.2 Å². The Morgan fingerprint density at radius 3 is 2.56 bits per heavy atom. The summed E-state index contributed by atoms with van der Waals surface area (Å²) in [5, 5.41) is 9.83. The van der Waals surface area contributed by atoms with Gasteiger partial charge in [-0.2, -0.15) is 0 Å². The van der Waals surface area contributed by atoms with Crippen LogP contribution >= 0.6 is 43.6 Å². The molecule has 1 N–H and O–H groups in total. The van der Waals surface area contributed by atoms with Gasteiger partial charge < -0.3 is 9.84 Å². The summed E-state index contributed by atoms with van der Waals surface area (Å²) in [4.78, 5) is 26.6. The Kier molecular flexibility index (Phi) is 6.29. The Hall–Kier alpha value is -1.77. The fourth-order valence-electron chi connectivity index (χ4n) is 2.53. The van der Waals surface area contributed by atoms with Crippen LogP contribution in [0.5, 0.6) is 11.5 Å². The molecule has 0 unspecified atom stereocenters. The number of ether oxygens (including phenoxy) is 1. The zero-order chi connectivity index (χ0) is 19.6. The number of phenols is 1. The number of phenolic OH excluding ortho intramolecular Hbond substituents is 1. The molecule has 0 bridgehead atoms. The van der Waals surface area contributed by atoms with Crippen LogP contribution in [-0.4, -0.2) is 27.8 Å². The van der Waals surface area contributed by atoms with Crippen molar-refractivity contribution in [2.75, 3.05) is 6.61 Å². The molecule has 2 aromatic rings. The minimum atomic E-state index is -0.345. The van der Waals surface area contributed by atoms with Crippen molar-refractivity contribution < 1.29 is 19.4 Å². The molecule has 0 atom stereocenters. The van der Waals surface area contributed by atoms with E-state index in [-0.39, 0.29) is 23.4 Å². The molecule has 140 valence electrons. The number of hydrogen-bond donors (Lipinski definition) is 1. The zero-order valence-corrected chi connectivity index (χ0v) is 18.2. The van der Waals surface area contributed by atoms with E-state index in [9.17, 15) is 14.7 Å². The molecule has 2 aromatic carbocycles. The number of rotatable bonds is 5. The summed E-state index contributed by atoms with van der Waals surface area (Å²) >= 11 is 7.60. The van der Waals surface area contributed by atoms with Crippen LogP contribution in [0.1, 0.15) is 18.1 Å². The topological polar surface area (TPSA) is 66.8 Å². The Labute approximate surface area is 177 Å². The number of nitrogens with zero attached hydrogens (tertiary/aromatic N) is 1. The molecule has 1 heterocycles. The van der Waals surface area contributed by atoms with Crippen molar-refractivity contribution in [1.29, 1.82) is 0 Å². The van der Waals surface area contributed by atoms with E-state index in [1.165, 1.54) is 4.90 Å². The van der Waals surface area contributed by atoms with Crippen LogP contribution in [0, 0.1) is 0 Å². The summed E-state index contributed by atoms with van der Waals surface area (Å²) in [6, 6.07) is 11.0. The fourth-order valence-corrected chi connectivity index (χ4v) is 4.20. The molecule has 0 spiro atoms. The van der Waals surface area contributed by atoms with Crippen molar-refractivity contribution in [1.82, 2.24) is 4.90 Å².